The molecule has 0 aliphatic heterocycles. The zero-order chi connectivity index (χ0) is 11.9. The van der Waals surface area contributed by atoms with E-state index >= 15 is 0 Å². The minimum absolute atomic E-state index is 0.198. The SMILES string of the molecule is C=C(OC)C(=O)OOS(=O)(=O)CCCC. The molecule has 0 bridgehead atoms. The first-order chi connectivity index (χ1) is 6.93. The summed E-state index contributed by atoms with van der Waals surface area (Å²) in [5.74, 6) is -1.60. The zero-order valence-corrected chi connectivity index (χ0v) is 9.50. The van der Waals surface area contributed by atoms with Crippen molar-refractivity contribution in [3.8, 4) is 0 Å². The standard InChI is InChI=1S/C8H14O6S/c1-4-5-6-15(10,11)14-13-8(9)7(2)12-3/h2,4-6H2,1,3H3. The van der Waals surface area contributed by atoms with Gasteiger partial charge in [-0.3, -0.25) is 4.89 Å². The fourth-order valence-electron chi connectivity index (χ4n) is 0.568. The summed E-state index contributed by atoms with van der Waals surface area (Å²) in [6.07, 6.45) is 1.13. The van der Waals surface area contributed by atoms with Crippen molar-refractivity contribution in [3.63, 3.8) is 0 Å². The van der Waals surface area contributed by atoms with Crippen LogP contribution in [-0.4, -0.2) is 27.2 Å². The van der Waals surface area contributed by atoms with Gasteiger partial charge in [0.2, 0.25) is 0 Å². The first-order valence-electron chi connectivity index (χ1n) is 4.29. The summed E-state index contributed by atoms with van der Waals surface area (Å²) < 4.78 is 30.5. The molecule has 0 atom stereocenters. The van der Waals surface area contributed by atoms with Gasteiger partial charge in [-0.25, -0.2) is 4.79 Å². The number of rotatable bonds is 7. The van der Waals surface area contributed by atoms with Gasteiger partial charge in [0.05, 0.1) is 12.9 Å². The Kier molecular flexibility index (Phi) is 5.95. The molecule has 0 aliphatic carbocycles. The molecule has 0 aromatic heterocycles. The second-order valence-corrected chi connectivity index (χ2v) is 4.34. The van der Waals surface area contributed by atoms with E-state index in [2.05, 4.69) is 20.5 Å². The molecule has 0 spiro atoms. The van der Waals surface area contributed by atoms with Crippen LogP contribution < -0.4 is 0 Å². The Morgan fingerprint density at radius 1 is 1.40 bits per heavy atom. The van der Waals surface area contributed by atoms with Crippen molar-refractivity contribution in [1.82, 2.24) is 0 Å². The number of carbonyl (C=O) groups excluding carboxylic acids is 1. The molecule has 0 radical (unpaired) electrons. The Hall–Kier alpha value is -1.08. The molecule has 0 rings (SSSR count). The Bertz CT molecular complexity index is 318. The minimum atomic E-state index is -3.82. The second-order valence-electron chi connectivity index (χ2n) is 2.68. The van der Waals surface area contributed by atoms with E-state index in [1.165, 1.54) is 7.11 Å². The van der Waals surface area contributed by atoms with Crippen LogP contribution in [0.4, 0.5) is 0 Å². The highest BCUT2D eigenvalue weighted by Gasteiger charge is 2.17. The quantitative estimate of drug-likeness (QED) is 0.282. The van der Waals surface area contributed by atoms with Crippen molar-refractivity contribution in [3.05, 3.63) is 12.3 Å². The molecule has 0 N–H and O–H groups in total. The average Bonchev–Trinajstić information content (AvgIpc) is 2.22. The van der Waals surface area contributed by atoms with Gasteiger partial charge in [-0.1, -0.05) is 17.7 Å². The van der Waals surface area contributed by atoms with E-state index in [1.807, 2.05) is 6.92 Å². The topological polar surface area (TPSA) is 78.9 Å². The predicted molar refractivity (Wildman–Crippen MR) is 52.0 cm³/mol. The molecule has 0 saturated heterocycles. The van der Waals surface area contributed by atoms with E-state index in [9.17, 15) is 13.2 Å². The van der Waals surface area contributed by atoms with Gasteiger partial charge < -0.3 is 4.74 Å². The largest absolute Gasteiger partial charge is 0.490 e. The Labute approximate surface area is 88.9 Å². The van der Waals surface area contributed by atoms with Gasteiger partial charge in [0.1, 0.15) is 0 Å². The van der Waals surface area contributed by atoms with Crippen molar-refractivity contribution in [2.75, 3.05) is 12.9 Å². The molecule has 7 heteroatoms. The molecule has 15 heavy (non-hydrogen) atoms. The van der Waals surface area contributed by atoms with E-state index in [1.54, 1.807) is 0 Å². The van der Waals surface area contributed by atoms with Gasteiger partial charge in [-0.05, 0) is 13.0 Å². The summed E-state index contributed by atoms with van der Waals surface area (Å²) in [6.45, 7) is 4.99. The van der Waals surface area contributed by atoms with Crippen molar-refractivity contribution in [1.29, 1.82) is 0 Å². The summed E-state index contributed by atoms with van der Waals surface area (Å²) in [5.41, 5.74) is 0. The lowest BCUT2D eigenvalue weighted by atomic mass is 10.4. The maximum absolute atomic E-state index is 11.0. The van der Waals surface area contributed by atoms with Crippen molar-refractivity contribution in [2.45, 2.75) is 19.8 Å². The molecule has 0 aromatic carbocycles. The molecule has 0 heterocycles. The van der Waals surface area contributed by atoms with Crippen LogP contribution in [0, 0.1) is 0 Å². The highest BCUT2D eigenvalue weighted by atomic mass is 32.2. The Balaban J connectivity index is 4.04. The number of unbranched alkanes of at least 4 members (excludes halogenated alkanes) is 1. The third-order valence-corrected chi connectivity index (χ3v) is 2.50. The molecule has 88 valence electrons. The smallest absolute Gasteiger partial charge is 0.408 e. The van der Waals surface area contributed by atoms with Gasteiger partial charge in [-0.2, -0.15) is 8.42 Å². The average molecular weight is 238 g/mol. The van der Waals surface area contributed by atoms with E-state index in [-0.39, 0.29) is 11.5 Å². The van der Waals surface area contributed by atoms with Crippen LogP contribution >= 0.6 is 0 Å². The van der Waals surface area contributed by atoms with Gasteiger partial charge in [0.15, 0.2) is 5.76 Å². The van der Waals surface area contributed by atoms with E-state index in [4.69, 9.17) is 0 Å². The van der Waals surface area contributed by atoms with Crippen LogP contribution in [0.25, 0.3) is 0 Å². The molecule has 0 unspecified atom stereocenters. The molecule has 0 amide bonds. The molecule has 0 aromatic rings. The number of methoxy groups -OCH3 is 1. The second kappa shape index (κ2) is 6.41. The number of ether oxygens (including phenoxy) is 1. The highest BCUT2D eigenvalue weighted by Crippen LogP contribution is 2.02. The summed E-state index contributed by atoms with van der Waals surface area (Å²) >= 11 is 0. The fourth-order valence-corrected chi connectivity index (χ4v) is 1.44. The number of hydrogen-bond acceptors (Lipinski definition) is 6. The Morgan fingerprint density at radius 2 is 2.00 bits per heavy atom. The lowest BCUT2D eigenvalue weighted by Crippen LogP contribution is -2.16. The van der Waals surface area contributed by atoms with Gasteiger partial charge in [-0.15, -0.1) is 0 Å². The first kappa shape index (κ1) is 13.9. The van der Waals surface area contributed by atoms with E-state index in [0.717, 1.165) is 0 Å². The van der Waals surface area contributed by atoms with Gasteiger partial charge >= 0.3 is 16.1 Å². The zero-order valence-electron chi connectivity index (χ0n) is 8.69. The minimum Gasteiger partial charge on any atom is -0.490 e. The van der Waals surface area contributed by atoms with Crippen molar-refractivity contribution in [2.24, 2.45) is 0 Å². The summed E-state index contributed by atoms with van der Waals surface area (Å²) in [5, 5.41) is 0. The maximum atomic E-state index is 11.0. The molecular formula is C8H14O6S. The molecule has 0 saturated carbocycles. The van der Waals surface area contributed by atoms with Crippen LogP contribution in [0.1, 0.15) is 19.8 Å². The van der Waals surface area contributed by atoms with Crippen LogP contribution in [0.3, 0.4) is 0 Å². The molecule has 0 aliphatic rings. The van der Waals surface area contributed by atoms with Crippen LogP contribution in [0.2, 0.25) is 0 Å². The third-order valence-electron chi connectivity index (χ3n) is 1.44. The first-order valence-corrected chi connectivity index (χ1v) is 5.86. The number of carbonyl (C=O) groups is 1. The number of hydrogen-bond donors (Lipinski definition) is 0. The normalized spacial score (nSPS) is 10.8. The van der Waals surface area contributed by atoms with Crippen LogP contribution in [0.5, 0.6) is 0 Å². The van der Waals surface area contributed by atoms with Gasteiger partial charge in [0, 0.05) is 0 Å². The fraction of sp³-hybridized carbons (Fsp3) is 0.625. The summed E-state index contributed by atoms with van der Waals surface area (Å²) in [4.78, 5) is 14.9. The Morgan fingerprint density at radius 3 is 2.47 bits per heavy atom. The molecule has 0 fully saturated rings. The van der Waals surface area contributed by atoms with E-state index < -0.39 is 16.1 Å². The van der Waals surface area contributed by atoms with Crippen LogP contribution in [-0.2, 0) is 28.9 Å². The summed E-state index contributed by atoms with van der Waals surface area (Å²) in [6, 6.07) is 0. The van der Waals surface area contributed by atoms with E-state index in [0.29, 0.717) is 12.8 Å². The van der Waals surface area contributed by atoms with Crippen molar-refractivity contribution < 1.29 is 27.2 Å². The maximum Gasteiger partial charge on any atom is 0.408 e. The van der Waals surface area contributed by atoms with Crippen LogP contribution in [0.15, 0.2) is 12.3 Å². The lowest BCUT2D eigenvalue weighted by molar-refractivity contribution is -0.209. The lowest BCUT2D eigenvalue weighted by Gasteiger charge is -2.04. The highest BCUT2D eigenvalue weighted by molar-refractivity contribution is 7.86. The monoisotopic (exact) mass is 238 g/mol. The third kappa shape index (κ3) is 6.08. The summed E-state index contributed by atoms with van der Waals surface area (Å²) in [7, 11) is -2.62. The van der Waals surface area contributed by atoms with Crippen molar-refractivity contribution >= 4 is 16.1 Å². The molecule has 6 nitrogen and oxygen atoms in total. The predicted octanol–water partition coefficient (Wildman–Crippen LogP) is 0.751. The van der Waals surface area contributed by atoms with Gasteiger partial charge in [0.25, 0.3) is 0 Å². The molecular weight excluding hydrogens is 224 g/mol.